The number of nitrogens with one attached hydrogen (secondary N) is 1. The van der Waals surface area contributed by atoms with Crippen LogP contribution in [0.4, 0.5) is 24.5 Å². The molecule has 1 saturated heterocycles. The van der Waals surface area contributed by atoms with Gasteiger partial charge in [-0.25, -0.2) is 0 Å². The molecule has 26 heavy (non-hydrogen) atoms. The summed E-state index contributed by atoms with van der Waals surface area (Å²) in [6.45, 7) is 2.91. The Kier molecular flexibility index (Phi) is 4.90. The molecule has 0 saturated carbocycles. The molecule has 0 spiro atoms. The van der Waals surface area contributed by atoms with Gasteiger partial charge in [0.25, 0.3) is 5.91 Å². The number of benzene rings is 1. The molecule has 6 nitrogen and oxygen atoms in total. The number of halogens is 3. The fourth-order valence-corrected chi connectivity index (χ4v) is 2.87. The highest BCUT2D eigenvalue weighted by molar-refractivity contribution is 6.04. The molecule has 1 aromatic heterocycles. The van der Waals surface area contributed by atoms with E-state index in [0.717, 1.165) is 19.2 Å². The van der Waals surface area contributed by atoms with Crippen LogP contribution in [0, 0.1) is 0 Å². The Bertz CT molecular complexity index is 794. The van der Waals surface area contributed by atoms with Crippen LogP contribution in [0.1, 0.15) is 15.9 Å². The lowest BCUT2D eigenvalue weighted by Gasteiger charge is -2.34. The lowest BCUT2D eigenvalue weighted by atomic mass is 10.1. The first-order valence-corrected chi connectivity index (χ1v) is 8.19. The summed E-state index contributed by atoms with van der Waals surface area (Å²) in [5.41, 5.74) is -0.413. The molecule has 0 aliphatic carbocycles. The van der Waals surface area contributed by atoms with E-state index in [0.29, 0.717) is 18.8 Å². The van der Waals surface area contributed by atoms with Crippen LogP contribution < -0.4 is 10.2 Å². The monoisotopic (exact) mass is 367 g/mol. The Hall–Kier alpha value is -2.55. The minimum Gasteiger partial charge on any atom is -0.369 e. The highest BCUT2D eigenvalue weighted by Gasteiger charge is 2.35. The molecule has 0 unspecified atom stereocenters. The fourth-order valence-electron chi connectivity index (χ4n) is 2.87. The molecule has 0 bridgehead atoms. The molecule has 0 radical (unpaired) electrons. The van der Waals surface area contributed by atoms with Gasteiger partial charge < -0.3 is 15.1 Å². The van der Waals surface area contributed by atoms with Gasteiger partial charge in [-0.15, -0.1) is 0 Å². The van der Waals surface area contributed by atoms with Crippen molar-refractivity contribution in [3.05, 3.63) is 41.7 Å². The quantitative estimate of drug-likeness (QED) is 0.906. The number of hydrogen-bond acceptors (Lipinski definition) is 4. The van der Waals surface area contributed by atoms with Gasteiger partial charge in [-0.05, 0) is 25.2 Å². The largest absolute Gasteiger partial charge is 0.418 e. The van der Waals surface area contributed by atoms with Gasteiger partial charge in [-0.2, -0.15) is 18.3 Å². The van der Waals surface area contributed by atoms with Gasteiger partial charge in [-0.3, -0.25) is 9.48 Å². The number of amides is 1. The van der Waals surface area contributed by atoms with Crippen LogP contribution in [-0.2, 0) is 13.2 Å². The minimum absolute atomic E-state index is 0.198. The van der Waals surface area contributed by atoms with Crippen molar-refractivity contribution in [1.29, 1.82) is 0 Å². The Morgan fingerprint density at radius 2 is 1.85 bits per heavy atom. The average Bonchev–Trinajstić information content (AvgIpc) is 3.02. The van der Waals surface area contributed by atoms with Crippen LogP contribution in [0.3, 0.4) is 0 Å². The number of piperazine rings is 1. The fraction of sp³-hybridized carbons (Fsp3) is 0.412. The van der Waals surface area contributed by atoms with Gasteiger partial charge in [0.05, 0.1) is 23.0 Å². The van der Waals surface area contributed by atoms with E-state index in [2.05, 4.69) is 15.3 Å². The predicted molar refractivity (Wildman–Crippen MR) is 92.3 cm³/mol. The summed E-state index contributed by atoms with van der Waals surface area (Å²) >= 11 is 0. The lowest BCUT2D eigenvalue weighted by molar-refractivity contribution is -0.136. The maximum Gasteiger partial charge on any atom is 0.418 e. The first kappa shape index (κ1) is 18.2. The van der Waals surface area contributed by atoms with E-state index in [1.807, 2.05) is 11.9 Å². The van der Waals surface area contributed by atoms with Crippen LogP contribution in [-0.4, -0.2) is 53.8 Å². The molecule has 2 heterocycles. The molecule has 1 aromatic carbocycles. The van der Waals surface area contributed by atoms with Gasteiger partial charge in [-0.1, -0.05) is 0 Å². The maximum absolute atomic E-state index is 13.5. The van der Waals surface area contributed by atoms with Crippen molar-refractivity contribution in [1.82, 2.24) is 14.7 Å². The molecule has 9 heteroatoms. The van der Waals surface area contributed by atoms with Crippen LogP contribution in [0.5, 0.6) is 0 Å². The zero-order valence-electron chi connectivity index (χ0n) is 14.5. The van der Waals surface area contributed by atoms with Crippen LogP contribution in [0.25, 0.3) is 0 Å². The molecule has 3 rings (SSSR count). The normalized spacial score (nSPS) is 16.0. The van der Waals surface area contributed by atoms with Crippen LogP contribution in [0.2, 0.25) is 0 Å². The van der Waals surface area contributed by atoms with Crippen molar-refractivity contribution in [3.63, 3.8) is 0 Å². The first-order chi connectivity index (χ1) is 12.2. The third-order valence-corrected chi connectivity index (χ3v) is 4.39. The third-order valence-electron chi connectivity index (χ3n) is 4.39. The number of alkyl halides is 3. The molecule has 0 atom stereocenters. The number of anilines is 2. The second-order valence-electron chi connectivity index (χ2n) is 6.37. The summed E-state index contributed by atoms with van der Waals surface area (Å²) in [5.74, 6) is -0.629. The molecular weight excluding hydrogens is 347 g/mol. The summed E-state index contributed by atoms with van der Waals surface area (Å²) < 4.78 is 42.0. The van der Waals surface area contributed by atoms with Crippen molar-refractivity contribution in [3.8, 4) is 0 Å². The van der Waals surface area contributed by atoms with E-state index in [-0.39, 0.29) is 11.3 Å². The van der Waals surface area contributed by atoms with E-state index < -0.39 is 17.6 Å². The van der Waals surface area contributed by atoms with Crippen LogP contribution >= 0.6 is 0 Å². The Labute approximate surface area is 149 Å². The summed E-state index contributed by atoms with van der Waals surface area (Å²) in [4.78, 5) is 16.2. The highest BCUT2D eigenvalue weighted by Crippen LogP contribution is 2.37. The van der Waals surface area contributed by atoms with Gasteiger partial charge in [0.1, 0.15) is 0 Å². The van der Waals surface area contributed by atoms with Crippen molar-refractivity contribution < 1.29 is 18.0 Å². The summed E-state index contributed by atoms with van der Waals surface area (Å²) in [6, 6.07) is 4.02. The maximum atomic E-state index is 13.5. The molecule has 2 aromatic rings. The topological polar surface area (TPSA) is 53.4 Å². The van der Waals surface area contributed by atoms with E-state index in [1.54, 1.807) is 13.1 Å². The Morgan fingerprint density at radius 3 is 2.42 bits per heavy atom. The smallest absolute Gasteiger partial charge is 0.369 e. The number of aryl methyl sites for hydroxylation is 1. The van der Waals surface area contributed by atoms with Crippen molar-refractivity contribution in [2.45, 2.75) is 6.18 Å². The number of rotatable bonds is 3. The Morgan fingerprint density at radius 1 is 1.15 bits per heavy atom. The van der Waals surface area contributed by atoms with E-state index in [4.69, 9.17) is 0 Å². The molecule has 1 N–H and O–H groups in total. The van der Waals surface area contributed by atoms with E-state index >= 15 is 0 Å². The Balaban J connectivity index is 1.86. The second kappa shape index (κ2) is 6.99. The number of carbonyl (C=O) groups is 1. The van der Waals surface area contributed by atoms with Crippen molar-refractivity contribution in [2.24, 2.45) is 7.05 Å². The summed E-state index contributed by atoms with van der Waals surface area (Å²) in [7, 11) is 3.61. The van der Waals surface area contributed by atoms with E-state index in [1.165, 1.54) is 23.1 Å². The van der Waals surface area contributed by atoms with Crippen LogP contribution in [0.15, 0.2) is 30.6 Å². The first-order valence-electron chi connectivity index (χ1n) is 8.19. The number of aromatic nitrogens is 2. The third kappa shape index (κ3) is 3.98. The molecule has 140 valence electrons. The number of nitrogens with zero attached hydrogens (tertiary/aromatic N) is 4. The van der Waals surface area contributed by atoms with Crippen molar-refractivity contribution >= 4 is 17.3 Å². The minimum atomic E-state index is -4.57. The molecule has 1 amide bonds. The number of carbonyl (C=O) groups excluding carboxylic acids is 1. The zero-order valence-corrected chi connectivity index (χ0v) is 14.5. The SMILES string of the molecule is CN1CCN(c2ccc(NC(=O)c3cnn(C)c3)c(C(F)(F)F)c2)CC1. The molecule has 1 fully saturated rings. The van der Waals surface area contributed by atoms with Crippen molar-refractivity contribution in [2.75, 3.05) is 43.4 Å². The number of hydrogen-bond donors (Lipinski definition) is 1. The summed E-state index contributed by atoms with van der Waals surface area (Å²) in [5, 5.41) is 6.20. The van der Waals surface area contributed by atoms with Gasteiger partial charge in [0.15, 0.2) is 0 Å². The van der Waals surface area contributed by atoms with Gasteiger partial charge in [0, 0.05) is 45.1 Å². The summed E-state index contributed by atoms with van der Waals surface area (Å²) in [6.07, 6.45) is -1.82. The highest BCUT2D eigenvalue weighted by atomic mass is 19.4. The standard InChI is InChI=1S/C17H20F3N5O/c1-23-5-7-25(8-6-23)13-3-4-15(14(9-13)17(18,19)20)22-16(26)12-10-21-24(2)11-12/h3-4,9-11H,5-8H2,1-2H3,(H,22,26). The predicted octanol–water partition coefficient (Wildman–Crippen LogP) is 2.44. The number of likely N-dealkylation sites (N-methyl/N-ethyl adjacent to an activating group) is 1. The van der Waals surface area contributed by atoms with Gasteiger partial charge in [0.2, 0.25) is 0 Å². The second-order valence-corrected chi connectivity index (χ2v) is 6.37. The van der Waals surface area contributed by atoms with E-state index in [9.17, 15) is 18.0 Å². The zero-order chi connectivity index (χ0) is 18.9. The van der Waals surface area contributed by atoms with Gasteiger partial charge >= 0.3 is 6.18 Å². The molecule has 1 aliphatic heterocycles. The molecular formula is C17H20F3N5O. The average molecular weight is 367 g/mol. The molecule has 1 aliphatic rings. The lowest BCUT2D eigenvalue weighted by Crippen LogP contribution is -2.44.